The van der Waals surface area contributed by atoms with E-state index in [4.69, 9.17) is 9.47 Å². The third-order valence-electron chi connectivity index (χ3n) is 5.26. The lowest BCUT2D eigenvalue weighted by molar-refractivity contribution is -0.143. The van der Waals surface area contributed by atoms with Gasteiger partial charge in [0.1, 0.15) is 5.60 Å². The van der Waals surface area contributed by atoms with E-state index < -0.39 is 11.7 Å². The minimum absolute atomic E-state index is 0.0932. The highest BCUT2D eigenvalue weighted by atomic mass is 16.6. The van der Waals surface area contributed by atoms with Crippen LogP contribution in [0.25, 0.3) is 0 Å². The van der Waals surface area contributed by atoms with Gasteiger partial charge in [0, 0.05) is 19.5 Å². The molecular weight excluding hydrogens is 420 g/mol. The highest BCUT2D eigenvalue weighted by molar-refractivity contribution is 5.69. The Hall–Kier alpha value is -1.34. The maximum atomic E-state index is 11.8. The first-order valence-corrected chi connectivity index (χ1v) is 13.3. The number of hydrogen-bond donors (Lipinski definition) is 3. The molecule has 0 aliphatic heterocycles. The predicted molar refractivity (Wildman–Crippen MR) is 134 cm³/mol. The van der Waals surface area contributed by atoms with Crippen LogP contribution in [0.5, 0.6) is 0 Å². The van der Waals surface area contributed by atoms with Gasteiger partial charge in [0.25, 0.3) is 0 Å². The minimum atomic E-state index is -0.476. The lowest BCUT2D eigenvalue weighted by Crippen LogP contribution is -2.33. The number of carbonyl (C=O) groups excluding carboxylic acids is 2. The van der Waals surface area contributed by atoms with Gasteiger partial charge in [-0.1, -0.05) is 51.9 Å². The number of aliphatic hydroxyl groups excluding tert-OH is 1. The minimum Gasteiger partial charge on any atom is -0.466 e. The molecule has 0 bridgehead atoms. The third kappa shape index (κ3) is 25.1. The SMILES string of the molecule is CCCCCCCCCCC(=O)OCCCCC(O)CNCCCCNC(=O)OC(C)(C)C. The molecule has 7 heteroatoms. The van der Waals surface area contributed by atoms with Gasteiger partial charge in [-0.2, -0.15) is 0 Å². The Kier molecular flexibility index (Phi) is 20.3. The summed E-state index contributed by atoms with van der Waals surface area (Å²) in [6.45, 7) is 10.1. The zero-order valence-corrected chi connectivity index (χ0v) is 21.9. The molecule has 7 nitrogen and oxygen atoms in total. The van der Waals surface area contributed by atoms with E-state index in [-0.39, 0.29) is 12.1 Å². The number of ether oxygens (including phenoxy) is 2. The Balaban J connectivity index is 3.39. The Morgan fingerprint density at radius 3 is 2.15 bits per heavy atom. The van der Waals surface area contributed by atoms with Gasteiger partial charge in [-0.25, -0.2) is 4.79 Å². The molecule has 0 saturated heterocycles. The predicted octanol–water partition coefficient (Wildman–Crippen LogP) is 5.49. The molecule has 33 heavy (non-hydrogen) atoms. The van der Waals surface area contributed by atoms with Crippen LogP contribution in [-0.4, -0.2) is 55.1 Å². The number of nitrogens with one attached hydrogen (secondary N) is 2. The van der Waals surface area contributed by atoms with Crippen LogP contribution in [0.15, 0.2) is 0 Å². The summed E-state index contributed by atoms with van der Waals surface area (Å²) in [6, 6.07) is 0. The fourth-order valence-corrected chi connectivity index (χ4v) is 3.39. The van der Waals surface area contributed by atoms with E-state index in [9.17, 15) is 14.7 Å². The van der Waals surface area contributed by atoms with Crippen molar-refractivity contribution in [1.29, 1.82) is 0 Å². The molecule has 1 atom stereocenters. The van der Waals surface area contributed by atoms with Gasteiger partial charge in [-0.05, 0) is 65.8 Å². The van der Waals surface area contributed by atoms with Crippen molar-refractivity contribution in [3.05, 3.63) is 0 Å². The zero-order valence-electron chi connectivity index (χ0n) is 21.9. The normalized spacial score (nSPS) is 12.4. The number of esters is 1. The first-order valence-electron chi connectivity index (χ1n) is 13.3. The molecule has 0 radical (unpaired) electrons. The molecule has 0 aromatic rings. The first kappa shape index (κ1) is 31.7. The smallest absolute Gasteiger partial charge is 0.407 e. The second-order valence-corrected chi connectivity index (χ2v) is 9.93. The Morgan fingerprint density at radius 2 is 1.48 bits per heavy atom. The molecule has 1 amide bonds. The van der Waals surface area contributed by atoms with Crippen molar-refractivity contribution in [2.75, 3.05) is 26.2 Å². The van der Waals surface area contributed by atoms with E-state index in [0.717, 1.165) is 45.1 Å². The van der Waals surface area contributed by atoms with Crippen molar-refractivity contribution in [3.63, 3.8) is 0 Å². The van der Waals surface area contributed by atoms with Gasteiger partial charge < -0.3 is 25.2 Å². The van der Waals surface area contributed by atoms with Crippen LogP contribution in [0.3, 0.4) is 0 Å². The lowest BCUT2D eigenvalue weighted by atomic mass is 10.1. The number of amides is 1. The highest BCUT2D eigenvalue weighted by Crippen LogP contribution is 2.10. The molecule has 0 aliphatic rings. The monoisotopic (exact) mass is 472 g/mol. The summed E-state index contributed by atoms with van der Waals surface area (Å²) in [4.78, 5) is 23.3. The van der Waals surface area contributed by atoms with Crippen molar-refractivity contribution < 1.29 is 24.2 Å². The summed E-state index contributed by atoms with van der Waals surface area (Å²) in [5.74, 6) is -0.0932. The van der Waals surface area contributed by atoms with Crippen LogP contribution < -0.4 is 10.6 Å². The summed E-state index contributed by atoms with van der Waals surface area (Å²) in [5, 5.41) is 16.0. The van der Waals surface area contributed by atoms with Crippen LogP contribution in [0.4, 0.5) is 4.79 Å². The Morgan fingerprint density at radius 1 is 0.848 bits per heavy atom. The topological polar surface area (TPSA) is 96.9 Å². The summed E-state index contributed by atoms with van der Waals surface area (Å²) < 4.78 is 10.5. The molecule has 1 unspecified atom stereocenters. The van der Waals surface area contributed by atoms with Gasteiger partial charge in [-0.15, -0.1) is 0 Å². The van der Waals surface area contributed by atoms with Crippen molar-refractivity contribution in [1.82, 2.24) is 10.6 Å². The van der Waals surface area contributed by atoms with Crippen LogP contribution in [-0.2, 0) is 14.3 Å². The summed E-state index contributed by atoms with van der Waals surface area (Å²) >= 11 is 0. The second kappa shape index (κ2) is 21.2. The van der Waals surface area contributed by atoms with E-state index in [1.807, 2.05) is 20.8 Å². The Bertz CT molecular complexity index is 480. The molecule has 0 rings (SSSR count). The highest BCUT2D eigenvalue weighted by Gasteiger charge is 2.15. The van der Waals surface area contributed by atoms with Crippen LogP contribution >= 0.6 is 0 Å². The molecular formula is C26H52N2O5. The molecule has 0 fully saturated rings. The molecule has 0 heterocycles. The quantitative estimate of drug-likeness (QED) is 0.151. The average molecular weight is 473 g/mol. The number of unbranched alkanes of at least 4 members (excludes halogenated alkanes) is 9. The fraction of sp³-hybridized carbons (Fsp3) is 0.923. The number of hydrogen-bond acceptors (Lipinski definition) is 6. The van der Waals surface area contributed by atoms with E-state index in [1.165, 1.54) is 38.5 Å². The van der Waals surface area contributed by atoms with Crippen molar-refractivity contribution in [3.8, 4) is 0 Å². The van der Waals surface area contributed by atoms with Gasteiger partial charge in [0.15, 0.2) is 0 Å². The first-order chi connectivity index (χ1) is 15.7. The van der Waals surface area contributed by atoms with Crippen molar-refractivity contribution >= 4 is 12.1 Å². The maximum absolute atomic E-state index is 11.8. The largest absolute Gasteiger partial charge is 0.466 e. The molecule has 0 aromatic carbocycles. The zero-order chi connectivity index (χ0) is 24.8. The maximum Gasteiger partial charge on any atom is 0.407 e. The fourth-order valence-electron chi connectivity index (χ4n) is 3.39. The lowest BCUT2D eigenvalue weighted by Gasteiger charge is -2.19. The van der Waals surface area contributed by atoms with Crippen LogP contribution in [0.1, 0.15) is 118 Å². The van der Waals surface area contributed by atoms with Gasteiger partial charge in [0.05, 0.1) is 12.7 Å². The number of aliphatic hydroxyl groups is 1. The summed E-state index contributed by atoms with van der Waals surface area (Å²) in [7, 11) is 0. The van der Waals surface area contributed by atoms with Crippen molar-refractivity contribution in [2.24, 2.45) is 0 Å². The molecule has 0 spiro atoms. The van der Waals surface area contributed by atoms with E-state index >= 15 is 0 Å². The van der Waals surface area contributed by atoms with E-state index in [0.29, 0.717) is 32.5 Å². The van der Waals surface area contributed by atoms with Crippen molar-refractivity contribution in [2.45, 2.75) is 129 Å². The number of rotatable bonds is 21. The number of alkyl carbamates (subject to hydrolysis) is 1. The van der Waals surface area contributed by atoms with Gasteiger partial charge in [-0.3, -0.25) is 4.79 Å². The average Bonchev–Trinajstić information content (AvgIpc) is 2.73. The van der Waals surface area contributed by atoms with Crippen LogP contribution in [0, 0.1) is 0 Å². The summed E-state index contributed by atoms with van der Waals surface area (Å²) in [6.07, 6.45) is 13.6. The molecule has 3 N–H and O–H groups in total. The molecule has 196 valence electrons. The Labute approximate surface area is 202 Å². The molecule has 0 aromatic heterocycles. The van der Waals surface area contributed by atoms with Gasteiger partial charge >= 0.3 is 12.1 Å². The third-order valence-corrected chi connectivity index (χ3v) is 5.26. The summed E-state index contributed by atoms with van der Waals surface area (Å²) in [5.41, 5.74) is -0.476. The number of carbonyl (C=O) groups is 2. The second-order valence-electron chi connectivity index (χ2n) is 9.93. The van der Waals surface area contributed by atoms with E-state index in [2.05, 4.69) is 17.6 Å². The van der Waals surface area contributed by atoms with Gasteiger partial charge in [0.2, 0.25) is 0 Å². The standard InChI is InChI=1S/C26H52N2O5/c1-5-6-7-8-9-10-11-12-18-24(30)32-21-16-13-17-23(29)22-27-19-14-15-20-28-25(31)33-26(2,3)4/h23,27,29H,5-22H2,1-4H3,(H,28,31). The molecule has 0 saturated carbocycles. The van der Waals surface area contributed by atoms with Crippen LogP contribution in [0.2, 0.25) is 0 Å². The van der Waals surface area contributed by atoms with E-state index in [1.54, 1.807) is 0 Å². The molecule has 0 aliphatic carbocycles.